The van der Waals surface area contributed by atoms with Crippen molar-refractivity contribution in [1.29, 1.82) is 0 Å². The summed E-state index contributed by atoms with van der Waals surface area (Å²) in [6, 6.07) is 27.4. The van der Waals surface area contributed by atoms with Crippen molar-refractivity contribution in [3.63, 3.8) is 0 Å². The van der Waals surface area contributed by atoms with Crippen LogP contribution in [0.5, 0.6) is 0 Å². The average Bonchev–Trinajstić information content (AvgIpc) is 2.62. The van der Waals surface area contributed by atoms with E-state index in [1.165, 1.54) is 0 Å². The van der Waals surface area contributed by atoms with Gasteiger partial charge in [-0.3, -0.25) is 4.79 Å². The third-order valence-corrected chi connectivity index (χ3v) is 3.94. The number of carbonyl (C=O) groups excluding carboxylic acids is 1. The summed E-state index contributed by atoms with van der Waals surface area (Å²) in [5.74, 6) is -0.0669. The summed E-state index contributed by atoms with van der Waals surface area (Å²) < 4.78 is 0. The summed E-state index contributed by atoms with van der Waals surface area (Å²) in [4.78, 5) is 12.6. The first kappa shape index (κ1) is 15.0. The lowest BCUT2D eigenvalue weighted by Gasteiger charge is -2.21. The van der Waals surface area contributed by atoms with Crippen LogP contribution in [0.3, 0.4) is 0 Å². The number of hydrogen-bond donors (Lipinski definition) is 1. The molecule has 0 radical (unpaired) electrons. The number of nitrogens with one attached hydrogen (secondary N) is 1. The van der Waals surface area contributed by atoms with E-state index in [1.807, 2.05) is 72.8 Å². The highest BCUT2D eigenvalue weighted by atomic mass is 16.1. The van der Waals surface area contributed by atoms with Crippen LogP contribution in [0.1, 0.15) is 33.1 Å². The minimum atomic E-state index is -0.162. The summed E-state index contributed by atoms with van der Waals surface area (Å²) in [7, 11) is 0. The molecule has 0 aliphatic rings. The highest BCUT2D eigenvalue weighted by Gasteiger charge is 2.18. The zero-order chi connectivity index (χ0) is 16.1. The molecule has 1 atom stereocenters. The van der Waals surface area contributed by atoms with Crippen LogP contribution in [-0.2, 0) is 0 Å². The Kier molecular flexibility index (Phi) is 4.53. The Bertz CT molecular complexity index is 781. The number of carbonyl (C=O) groups is 1. The smallest absolute Gasteiger partial charge is 0.252 e. The van der Waals surface area contributed by atoms with E-state index in [0.717, 1.165) is 16.7 Å². The van der Waals surface area contributed by atoms with Crippen molar-refractivity contribution in [2.24, 2.45) is 0 Å². The Hall–Kier alpha value is -2.87. The van der Waals surface area contributed by atoms with Gasteiger partial charge in [0.1, 0.15) is 0 Å². The molecule has 0 aliphatic heterocycles. The van der Waals surface area contributed by atoms with E-state index in [1.54, 1.807) is 0 Å². The van der Waals surface area contributed by atoms with Gasteiger partial charge in [0.15, 0.2) is 0 Å². The fourth-order valence-corrected chi connectivity index (χ4v) is 2.70. The van der Waals surface area contributed by atoms with Gasteiger partial charge in [-0.05, 0) is 35.7 Å². The van der Waals surface area contributed by atoms with Crippen molar-refractivity contribution >= 4 is 5.91 Å². The van der Waals surface area contributed by atoms with Crippen LogP contribution in [-0.4, -0.2) is 5.91 Å². The van der Waals surface area contributed by atoms with Crippen molar-refractivity contribution in [3.05, 3.63) is 107 Å². The van der Waals surface area contributed by atoms with Gasteiger partial charge in [-0.15, -0.1) is 0 Å². The molecule has 0 saturated heterocycles. The summed E-state index contributed by atoms with van der Waals surface area (Å²) in [6.45, 7) is 2.07. The summed E-state index contributed by atoms with van der Waals surface area (Å²) in [5, 5.41) is 3.17. The molecular formula is C21H19NO. The fraction of sp³-hybridized carbons (Fsp3) is 0.0952. The fourth-order valence-electron chi connectivity index (χ4n) is 2.70. The van der Waals surface area contributed by atoms with Crippen LogP contribution < -0.4 is 5.32 Å². The molecule has 3 aromatic rings. The molecule has 0 saturated carbocycles. The van der Waals surface area contributed by atoms with Crippen LogP contribution in [0.25, 0.3) is 0 Å². The Morgan fingerprint density at radius 3 is 2.00 bits per heavy atom. The number of aryl methyl sites for hydroxylation is 1. The average molecular weight is 301 g/mol. The molecular weight excluding hydrogens is 282 g/mol. The quantitative estimate of drug-likeness (QED) is 0.754. The SMILES string of the molecule is Cc1ccccc1C(NC(=O)c1ccccc1)c1ccccc1. The molecule has 1 N–H and O–H groups in total. The molecule has 0 bridgehead atoms. The Labute approximate surface area is 136 Å². The summed E-state index contributed by atoms with van der Waals surface area (Å²) >= 11 is 0. The van der Waals surface area contributed by atoms with Gasteiger partial charge in [-0.25, -0.2) is 0 Å². The molecule has 3 rings (SSSR count). The largest absolute Gasteiger partial charge is 0.341 e. The minimum Gasteiger partial charge on any atom is -0.341 e. The third-order valence-electron chi connectivity index (χ3n) is 3.94. The normalized spacial score (nSPS) is 11.7. The lowest BCUT2D eigenvalue weighted by molar-refractivity contribution is 0.0943. The van der Waals surface area contributed by atoms with Gasteiger partial charge in [0.2, 0.25) is 0 Å². The first-order valence-corrected chi connectivity index (χ1v) is 7.72. The van der Waals surface area contributed by atoms with E-state index in [9.17, 15) is 4.79 Å². The summed E-state index contributed by atoms with van der Waals surface area (Å²) in [6.07, 6.45) is 0. The molecule has 2 nitrogen and oxygen atoms in total. The second-order valence-corrected chi connectivity index (χ2v) is 5.54. The van der Waals surface area contributed by atoms with Gasteiger partial charge in [-0.2, -0.15) is 0 Å². The van der Waals surface area contributed by atoms with E-state index in [-0.39, 0.29) is 11.9 Å². The van der Waals surface area contributed by atoms with Gasteiger partial charge in [0.05, 0.1) is 6.04 Å². The maximum atomic E-state index is 12.6. The van der Waals surface area contributed by atoms with Gasteiger partial charge in [0.25, 0.3) is 5.91 Å². The number of hydrogen-bond acceptors (Lipinski definition) is 1. The third kappa shape index (κ3) is 3.49. The van der Waals surface area contributed by atoms with E-state index >= 15 is 0 Å². The molecule has 0 aliphatic carbocycles. The maximum Gasteiger partial charge on any atom is 0.252 e. The zero-order valence-corrected chi connectivity index (χ0v) is 13.1. The van der Waals surface area contributed by atoms with Crippen LogP contribution in [0.2, 0.25) is 0 Å². The first-order valence-electron chi connectivity index (χ1n) is 7.72. The molecule has 0 fully saturated rings. The zero-order valence-electron chi connectivity index (χ0n) is 13.1. The molecule has 1 amide bonds. The van der Waals surface area contributed by atoms with Gasteiger partial charge >= 0.3 is 0 Å². The number of rotatable bonds is 4. The second kappa shape index (κ2) is 6.93. The van der Waals surface area contributed by atoms with Crippen LogP contribution in [0.15, 0.2) is 84.9 Å². The molecule has 0 heterocycles. The molecule has 0 aromatic heterocycles. The van der Waals surface area contributed by atoms with E-state index in [0.29, 0.717) is 5.56 Å². The molecule has 114 valence electrons. The molecule has 3 aromatic carbocycles. The van der Waals surface area contributed by atoms with Crippen molar-refractivity contribution in [2.45, 2.75) is 13.0 Å². The van der Waals surface area contributed by atoms with Crippen LogP contribution in [0, 0.1) is 6.92 Å². The minimum absolute atomic E-state index is 0.0669. The van der Waals surface area contributed by atoms with E-state index < -0.39 is 0 Å². The maximum absolute atomic E-state index is 12.6. The Balaban J connectivity index is 1.97. The van der Waals surface area contributed by atoms with Gasteiger partial charge < -0.3 is 5.32 Å². The second-order valence-electron chi connectivity index (χ2n) is 5.54. The molecule has 0 spiro atoms. The Morgan fingerprint density at radius 2 is 1.35 bits per heavy atom. The van der Waals surface area contributed by atoms with Crippen LogP contribution >= 0.6 is 0 Å². The predicted molar refractivity (Wildman–Crippen MR) is 93.4 cm³/mol. The van der Waals surface area contributed by atoms with Crippen molar-refractivity contribution in [1.82, 2.24) is 5.32 Å². The highest BCUT2D eigenvalue weighted by molar-refractivity contribution is 5.94. The van der Waals surface area contributed by atoms with E-state index in [4.69, 9.17) is 0 Å². The predicted octanol–water partition coefficient (Wildman–Crippen LogP) is 4.51. The van der Waals surface area contributed by atoms with Crippen molar-refractivity contribution in [3.8, 4) is 0 Å². The number of benzene rings is 3. The van der Waals surface area contributed by atoms with Crippen molar-refractivity contribution in [2.75, 3.05) is 0 Å². The molecule has 23 heavy (non-hydrogen) atoms. The lowest BCUT2D eigenvalue weighted by Crippen LogP contribution is -2.29. The standard InChI is InChI=1S/C21H19NO/c1-16-10-8-9-15-19(16)20(17-11-4-2-5-12-17)22-21(23)18-13-6-3-7-14-18/h2-15,20H,1H3,(H,22,23). The lowest BCUT2D eigenvalue weighted by atomic mass is 9.94. The van der Waals surface area contributed by atoms with Gasteiger partial charge in [-0.1, -0.05) is 72.8 Å². The number of amides is 1. The Morgan fingerprint density at radius 1 is 0.783 bits per heavy atom. The van der Waals surface area contributed by atoms with Crippen LogP contribution in [0.4, 0.5) is 0 Å². The highest BCUT2D eigenvalue weighted by Crippen LogP contribution is 2.25. The monoisotopic (exact) mass is 301 g/mol. The first-order chi connectivity index (χ1) is 11.3. The van der Waals surface area contributed by atoms with E-state index in [2.05, 4.69) is 24.4 Å². The summed E-state index contributed by atoms with van der Waals surface area (Å²) in [5.41, 5.74) is 4.02. The molecule has 2 heteroatoms. The molecule has 1 unspecified atom stereocenters. The van der Waals surface area contributed by atoms with Gasteiger partial charge in [0, 0.05) is 5.56 Å². The topological polar surface area (TPSA) is 29.1 Å². The van der Waals surface area contributed by atoms with Crippen molar-refractivity contribution < 1.29 is 4.79 Å².